The number of alkyl halides is 3. The zero-order valence-corrected chi connectivity index (χ0v) is 21.3. The summed E-state index contributed by atoms with van der Waals surface area (Å²) in [4.78, 5) is 25.1. The molecule has 3 aromatic rings. The van der Waals surface area contributed by atoms with Crippen LogP contribution < -0.4 is 15.1 Å². The molecule has 0 spiro atoms. The molecule has 0 bridgehead atoms. The monoisotopic (exact) mass is 556 g/mol. The average molecular weight is 557 g/mol. The highest BCUT2D eigenvalue weighted by molar-refractivity contribution is 7.18. The highest BCUT2D eigenvalue weighted by Crippen LogP contribution is 2.42. The Bertz CT molecular complexity index is 1280. The van der Waals surface area contributed by atoms with Crippen LogP contribution in [0.4, 0.5) is 29.3 Å². The van der Waals surface area contributed by atoms with Crippen molar-refractivity contribution in [2.24, 2.45) is 0 Å². The molecule has 1 amide bonds. The zero-order valence-electron chi connectivity index (χ0n) is 19.7. The fourth-order valence-corrected chi connectivity index (χ4v) is 6.26. The van der Waals surface area contributed by atoms with Gasteiger partial charge in [-0.15, -0.1) is 21.5 Å². The molecule has 5 heterocycles. The van der Waals surface area contributed by atoms with E-state index in [9.17, 15) is 28.2 Å². The summed E-state index contributed by atoms with van der Waals surface area (Å²) >= 11 is 2.40. The average Bonchev–Trinajstić information content (AvgIpc) is 3.61. The van der Waals surface area contributed by atoms with Gasteiger partial charge in [0.15, 0.2) is 11.4 Å². The van der Waals surface area contributed by atoms with Gasteiger partial charge in [0.05, 0.1) is 6.42 Å². The van der Waals surface area contributed by atoms with Crippen molar-refractivity contribution >= 4 is 44.7 Å². The molecule has 3 atom stereocenters. The maximum absolute atomic E-state index is 13.2. The Morgan fingerprint density at radius 1 is 1.22 bits per heavy atom. The predicted octanol–water partition coefficient (Wildman–Crippen LogP) is 2.42. The number of fused-ring (bicyclic) bond motifs is 1. The second kappa shape index (κ2) is 9.75. The number of aliphatic hydroxyl groups is 2. The number of hydrogen-bond donors (Lipinski definition) is 3. The summed E-state index contributed by atoms with van der Waals surface area (Å²) in [5, 5.41) is 34.6. The second-order valence-electron chi connectivity index (χ2n) is 8.78. The molecule has 16 heteroatoms. The van der Waals surface area contributed by atoms with Crippen molar-refractivity contribution in [3.63, 3.8) is 0 Å². The first-order valence-corrected chi connectivity index (χ1v) is 12.9. The molecule has 11 nitrogen and oxygen atoms in total. The molecule has 2 aliphatic heterocycles. The number of nitrogens with one attached hydrogen (secondary N) is 1. The van der Waals surface area contributed by atoms with Crippen molar-refractivity contribution in [3.8, 4) is 10.6 Å². The topological polar surface area (TPSA) is 131 Å². The van der Waals surface area contributed by atoms with Gasteiger partial charge in [-0.05, 0) is 30.8 Å². The Labute approximate surface area is 217 Å². The van der Waals surface area contributed by atoms with Crippen LogP contribution in [0.3, 0.4) is 0 Å². The Morgan fingerprint density at radius 3 is 2.65 bits per heavy atom. The molecule has 1 saturated heterocycles. The van der Waals surface area contributed by atoms with Crippen LogP contribution in [0.1, 0.15) is 30.2 Å². The van der Waals surface area contributed by atoms with Crippen molar-refractivity contribution in [3.05, 3.63) is 28.9 Å². The van der Waals surface area contributed by atoms with Gasteiger partial charge in [0.1, 0.15) is 17.3 Å². The molecule has 0 saturated carbocycles. The number of carbonyl (C=O) groups is 1. The van der Waals surface area contributed by atoms with E-state index >= 15 is 0 Å². The summed E-state index contributed by atoms with van der Waals surface area (Å²) in [5.41, 5.74) is 1.66. The predicted molar refractivity (Wildman–Crippen MR) is 131 cm³/mol. The minimum absolute atomic E-state index is 0.00621. The number of anilines is 3. The molecule has 3 N–H and O–H groups in total. The third kappa shape index (κ3) is 4.86. The van der Waals surface area contributed by atoms with Crippen molar-refractivity contribution in [2.75, 3.05) is 35.8 Å². The van der Waals surface area contributed by atoms with Crippen LogP contribution in [0.25, 0.3) is 10.6 Å². The normalized spacial score (nSPS) is 22.4. The standard InChI is InChI=1S/C21H23F3N8O3S2/c1-30-16(34)14-10(9-36-17(14)31(2)20(30)35)6-13(33)27-19-29-28-15(37-19)11-7-25-18(26-8-11)32-5-3-4-12(32)21(22,23)24/h7-9,12,16,20,34-35H,3-6H2,1-2H3,(H,27,29,33)/t12-,16-,20-/m0/s1. The number of rotatable bonds is 5. The number of thiophene rings is 1. The highest BCUT2D eigenvalue weighted by atomic mass is 32.1. The van der Waals surface area contributed by atoms with Crippen molar-refractivity contribution in [2.45, 2.75) is 44.1 Å². The largest absolute Gasteiger partial charge is 0.408 e. The van der Waals surface area contributed by atoms with Gasteiger partial charge in [0.25, 0.3) is 0 Å². The highest BCUT2D eigenvalue weighted by Gasteiger charge is 2.47. The molecule has 3 aromatic heterocycles. The lowest BCUT2D eigenvalue weighted by Crippen LogP contribution is -2.50. The molecule has 0 aromatic carbocycles. The van der Waals surface area contributed by atoms with E-state index in [2.05, 4.69) is 25.5 Å². The minimum atomic E-state index is -4.35. The van der Waals surface area contributed by atoms with E-state index in [1.165, 1.54) is 28.6 Å². The van der Waals surface area contributed by atoms with Gasteiger partial charge in [-0.25, -0.2) is 14.9 Å². The molecule has 0 unspecified atom stereocenters. The third-order valence-electron chi connectivity index (χ3n) is 6.36. The molecular formula is C21H23F3N8O3S2. The number of aromatic nitrogens is 4. The Balaban J connectivity index is 1.25. The number of nitrogens with zero attached hydrogens (tertiary/aromatic N) is 7. The molecule has 1 fully saturated rings. The molecule has 0 radical (unpaired) electrons. The molecule has 2 aliphatic rings. The summed E-state index contributed by atoms with van der Waals surface area (Å²) in [6, 6.07) is -1.59. The van der Waals surface area contributed by atoms with Gasteiger partial charge in [-0.3, -0.25) is 4.79 Å². The van der Waals surface area contributed by atoms with Crippen molar-refractivity contribution in [1.29, 1.82) is 0 Å². The first-order valence-electron chi connectivity index (χ1n) is 11.2. The maximum atomic E-state index is 13.2. The maximum Gasteiger partial charge on any atom is 0.408 e. The fraction of sp³-hybridized carbons (Fsp3) is 0.476. The smallest absolute Gasteiger partial charge is 0.374 e. The van der Waals surface area contributed by atoms with Crippen LogP contribution in [0, 0.1) is 0 Å². The van der Waals surface area contributed by atoms with Gasteiger partial charge in [-0.1, -0.05) is 11.3 Å². The van der Waals surface area contributed by atoms with Crippen LogP contribution in [0.2, 0.25) is 0 Å². The van der Waals surface area contributed by atoms with E-state index in [-0.39, 0.29) is 36.4 Å². The van der Waals surface area contributed by atoms with Gasteiger partial charge < -0.3 is 25.3 Å². The lowest BCUT2D eigenvalue weighted by Gasteiger charge is -2.40. The van der Waals surface area contributed by atoms with Gasteiger partial charge in [0, 0.05) is 37.1 Å². The molecule has 198 valence electrons. The number of halogens is 3. The number of aliphatic hydroxyl groups excluding tert-OH is 2. The van der Waals surface area contributed by atoms with E-state index in [4.69, 9.17) is 0 Å². The Kier molecular flexibility index (Phi) is 6.78. The summed E-state index contributed by atoms with van der Waals surface area (Å²) in [6.07, 6.45) is -3.21. The molecule has 5 rings (SSSR count). The summed E-state index contributed by atoms with van der Waals surface area (Å²) in [6.45, 7) is 0.232. The summed E-state index contributed by atoms with van der Waals surface area (Å²) < 4.78 is 39.7. The van der Waals surface area contributed by atoms with E-state index < -0.39 is 24.8 Å². The third-order valence-corrected chi connectivity index (χ3v) is 8.38. The summed E-state index contributed by atoms with van der Waals surface area (Å²) in [5.74, 6) is -0.363. The lowest BCUT2D eigenvalue weighted by atomic mass is 10.1. The van der Waals surface area contributed by atoms with Gasteiger partial charge in [0.2, 0.25) is 17.0 Å². The first-order chi connectivity index (χ1) is 17.5. The van der Waals surface area contributed by atoms with E-state index in [0.717, 1.165) is 16.2 Å². The lowest BCUT2D eigenvalue weighted by molar-refractivity contribution is -0.146. The van der Waals surface area contributed by atoms with Crippen molar-refractivity contribution < 1.29 is 28.2 Å². The minimum Gasteiger partial charge on any atom is -0.374 e. The number of hydrogen-bond acceptors (Lipinski definition) is 12. The number of carbonyl (C=O) groups excluding carboxylic acids is 1. The summed E-state index contributed by atoms with van der Waals surface area (Å²) in [7, 11) is 3.28. The molecule has 0 aliphatic carbocycles. The second-order valence-corrected chi connectivity index (χ2v) is 10.6. The Hall–Kier alpha value is -2.92. The van der Waals surface area contributed by atoms with E-state index in [1.807, 2.05) is 0 Å². The fourth-order valence-electron chi connectivity index (χ4n) is 4.44. The zero-order chi connectivity index (χ0) is 26.5. The molecule has 37 heavy (non-hydrogen) atoms. The SMILES string of the molecule is CN1c2scc(CC(=O)Nc3nnc(-c4cnc(N5CCC[C@H]5C(F)(F)F)nc4)s3)c2[C@H](O)N(C)[C@@H]1O. The number of amides is 1. The van der Waals surface area contributed by atoms with Crippen LogP contribution in [0.5, 0.6) is 0 Å². The van der Waals surface area contributed by atoms with Gasteiger partial charge in [-0.2, -0.15) is 13.2 Å². The first kappa shape index (κ1) is 25.7. The van der Waals surface area contributed by atoms with Crippen LogP contribution in [-0.4, -0.2) is 80.4 Å². The van der Waals surface area contributed by atoms with Crippen molar-refractivity contribution in [1.82, 2.24) is 25.1 Å². The van der Waals surface area contributed by atoms with E-state index in [0.29, 0.717) is 33.1 Å². The van der Waals surface area contributed by atoms with Crippen LogP contribution in [-0.2, 0) is 11.2 Å². The van der Waals surface area contributed by atoms with Crippen LogP contribution in [0.15, 0.2) is 17.8 Å². The Morgan fingerprint density at radius 2 is 1.95 bits per heavy atom. The quantitative estimate of drug-likeness (QED) is 0.431. The van der Waals surface area contributed by atoms with Crippen LogP contribution >= 0.6 is 22.7 Å². The van der Waals surface area contributed by atoms with Gasteiger partial charge >= 0.3 is 6.18 Å². The van der Waals surface area contributed by atoms with E-state index in [1.54, 1.807) is 24.4 Å². The molecular weight excluding hydrogens is 533 g/mol.